The van der Waals surface area contributed by atoms with E-state index in [0.717, 1.165) is 25.2 Å². The van der Waals surface area contributed by atoms with Crippen LogP contribution in [0.25, 0.3) is 0 Å². The van der Waals surface area contributed by atoms with E-state index in [1.807, 2.05) is 0 Å². The van der Waals surface area contributed by atoms with E-state index in [1.165, 1.54) is 30.4 Å². The molecule has 0 aliphatic heterocycles. The summed E-state index contributed by atoms with van der Waals surface area (Å²) >= 11 is 0. The Morgan fingerprint density at radius 3 is 2.89 bits per heavy atom. The molecule has 18 heavy (non-hydrogen) atoms. The predicted molar refractivity (Wildman–Crippen MR) is 77.7 cm³/mol. The second-order valence-electron chi connectivity index (χ2n) is 5.63. The largest absolute Gasteiger partial charge is 0.314 e. The highest BCUT2D eigenvalue weighted by molar-refractivity contribution is 5.22. The van der Waals surface area contributed by atoms with Gasteiger partial charge in [-0.05, 0) is 45.3 Å². The van der Waals surface area contributed by atoms with Crippen LogP contribution in [0.15, 0.2) is 24.3 Å². The molecule has 1 aliphatic rings. The van der Waals surface area contributed by atoms with Crippen molar-refractivity contribution in [3.8, 4) is 0 Å². The molecule has 0 bridgehead atoms. The highest BCUT2D eigenvalue weighted by Crippen LogP contribution is 2.24. The molecule has 1 aliphatic carbocycles. The fourth-order valence-electron chi connectivity index (χ4n) is 3.06. The standard InChI is InChI=1S/C16H26N2/c1-4-17-15-8-9-16(11-15)18(3)12-14-7-5-6-13(2)10-14/h5-7,10,15-17H,4,8-9,11-12H2,1-3H3. The van der Waals surface area contributed by atoms with E-state index in [4.69, 9.17) is 0 Å². The SMILES string of the molecule is CCNC1CCC(N(C)Cc2cccc(C)c2)C1. The molecule has 2 unspecified atom stereocenters. The van der Waals surface area contributed by atoms with Gasteiger partial charge in [0.2, 0.25) is 0 Å². The van der Waals surface area contributed by atoms with Gasteiger partial charge in [0.1, 0.15) is 0 Å². The lowest BCUT2D eigenvalue weighted by atomic mass is 10.1. The Balaban J connectivity index is 1.87. The molecule has 0 saturated heterocycles. The van der Waals surface area contributed by atoms with Crippen molar-refractivity contribution in [3.05, 3.63) is 35.4 Å². The molecule has 1 N–H and O–H groups in total. The summed E-state index contributed by atoms with van der Waals surface area (Å²) in [6.07, 6.45) is 3.97. The van der Waals surface area contributed by atoms with Gasteiger partial charge < -0.3 is 5.32 Å². The van der Waals surface area contributed by atoms with Gasteiger partial charge in [0.25, 0.3) is 0 Å². The molecule has 2 heteroatoms. The van der Waals surface area contributed by atoms with Gasteiger partial charge in [-0.3, -0.25) is 4.90 Å². The molecule has 0 amide bonds. The van der Waals surface area contributed by atoms with Gasteiger partial charge in [0.05, 0.1) is 0 Å². The Bertz CT molecular complexity index is 375. The summed E-state index contributed by atoms with van der Waals surface area (Å²) in [6, 6.07) is 10.3. The molecular formula is C16H26N2. The van der Waals surface area contributed by atoms with E-state index in [0.29, 0.717) is 0 Å². The van der Waals surface area contributed by atoms with Crippen LogP contribution in [-0.2, 0) is 6.54 Å². The van der Waals surface area contributed by atoms with Crippen LogP contribution < -0.4 is 5.32 Å². The summed E-state index contributed by atoms with van der Waals surface area (Å²) in [4.78, 5) is 2.52. The highest BCUT2D eigenvalue weighted by atomic mass is 15.1. The van der Waals surface area contributed by atoms with Crippen molar-refractivity contribution in [1.82, 2.24) is 10.2 Å². The third kappa shape index (κ3) is 3.56. The van der Waals surface area contributed by atoms with E-state index in [9.17, 15) is 0 Å². The Morgan fingerprint density at radius 1 is 1.33 bits per heavy atom. The van der Waals surface area contributed by atoms with E-state index < -0.39 is 0 Å². The van der Waals surface area contributed by atoms with Crippen molar-refractivity contribution in [2.75, 3.05) is 13.6 Å². The first kappa shape index (κ1) is 13.6. The minimum Gasteiger partial charge on any atom is -0.314 e. The van der Waals surface area contributed by atoms with Gasteiger partial charge in [-0.2, -0.15) is 0 Å². The molecule has 1 aromatic rings. The third-order valence-corrected chi connectivity index (χ3v) is 4.04. The summed E-state index contributed by atoms with van der Waals surface area (Å²) in [7, 11) is 2.27. The van der Waals surface area contributed by atoms with Crippen LogP contribution in [0, 0.1) is 6.92 Å². The summed E-state index contributed by atoms with van der Waals surface area (Å²) in [5.41, 5.74) is 2.79. The number of rotatable bonds is 5. The number of aryl methyl sites for hydroxylation is 1. The predicted octanol–water partition coefficient (Wildman–Crippen LogP) is 2.96. The first-order valence-corrected chi connectivity index (χ1v) is 7.18. The molecule has 1 saturated carbocycles. The molecule has 1 fully saturated rings. The molecule has 0 heterocycles. The van der Waals surface area contributed by atoms with Crippen molar-refractivity contribution < 1.29 is 0 Å². The fraction of sp³-hybridized carbons (Fsp3) is 0.625. The zero-order valence-corrected chi connectivity index (χ0v) is 11.9. The zero-order chi connectivity index (χ0) is 13.0. The van der Waals surface area contributed by atoms with Gasteiger partial charge >= 0.3 is 0 Å². The number of hydrogen-bond acceptors (Lipinski definition) is 2. The van der Waals surface area contributed by atoms with Crippen molar-refractivity contribution >= 4 is 0 Å². The Hall–Kier alpha value is -0.860. The molecule has 0 spiro atoms. The smallest absolute Gasteiger partial charge is 0.0233 e. The summed E-state index contributed by atoms with van der Waals surface area (Å²) in [5, 5.41) is 3.58. The minimum absolute atomic E-state index is 0.736. The van der Waals surface area contributed by atoms with Crippen molar-refractivity contribution in [3.63, 3.8) is 0 Å². The van der Waals surface area contributed by atoms with E-state index in [2.05, 4.69) is 55.4 Å². The zero-order valence-electron chi connectivity index (χ0n) is 11.9. The molecule has 100 valence electrons. The van der Waals surface area contributed by atoms with Crippen molar-refractivity contribution in [2.24, 2.45) is 0 Å². The topological polar surface area (TPSA) is 15.3 Å². The third-order valence-electron chi connectivity index (χ3n) is 4.04. The lowest BCUT2D eigenvalue weighted by Gasteiger charge is -2.24. The number of nitrogens with one attached hydrogen (secondary N) is 1. The Labute approximate surface area is 111 Å². The maximum Gasteiger partial charge on any atom is 0.0233 e. The van der Waals surface area contributed by atoms with Gasteiger partial charge in [-0.1, -0.05) is 36.8 Å². The molecule has 2 atom stereocenters. The second-order valence-corrected chi connectivity index (χ2v) is 5.63. The Kier molecular flexibility index (Phi) is 4.79. The first-order chi connectivity index (χ1) is 8.69. The van der Waals surface area contributed by atoms with E-state index in [1.54, 1.807) is 0 Å². The molecule has 0 aromatic heterocycles. The van der Waals surface area contributed by atoms with Crippen LogP contribution in [0.3, 0.4) is 0 Å². The fourth-order valence-corrected chi connectivity index (χ4v) is 3.06. The lowest BCUT2D eigenvalue weighted by Crippen LogP contribution is -2.32. The molecule has 1 aromatic carbocycles. The highest BCUT2D eigenvalue weighted by Gasteiger charge is 2.26. The van der Waals surface area contributed by atoms with Crippen LogP contribution in [0.4, 0.5) is 0 Å². The van der Waals surface area contributed by atoms with Crippen LogP contribution in [0.1, 0.15) is 37.3 Å². The first-order valence-electron chi connectivity index (χ1n) is 7.18. The molecule has 2 nitrogen and oxygen atoms in total. The minimum atomic E-state index is 0.736. The van der Waals surface area contributed by atoms with Crippen molar-refractivity contribution in [2.45, 2.75) is 51.7 Å². The maximum absolute atomic E-state index is 3.58. The average molecular weight is 246 g/mol. The normalized spacial score (nSPS) is 23.8. The van der Waals surface area contributed by atoms with Gasteiger partial charge in [0.15, 0.2) is 0 Å². The van der Waals surface area contributed by atoms with Crippen molar-refractivity contribution in [1.29, 1.82) is 0 Å². The summed E-state index contributed by atoms with van der Waals surface area (Å²) in [5.74, 6) is 0. The quantitative estimate of drug-likeness (QED) is 0.859. The molecule has 0 radical (unpaired) electrons. The number of hydrogen-bond donors (Lipinski definition) is 1. The molecular weight excluding hydrogens is 220 g/mol. The van der Waals surface area contributed by atoms with Crippen LogP contribution in [0.5, 0.6) is 0 Å². The Morgan fingerprint density at radius 2 is 2.17 bits per heavy atom. The number of benzene rings is 1. The monoisotopic (exact) mass is 246 g/mol. The summed E-state index contributed by atoms with van der Waals surface area (Å²) < 4.78 is 0. The lowest BCUT2D eigenvalue weighted by molar-refractivity contribution is 0.234. The van der Waals surface area contributed by atoms with E-state index >= 15 is 0 Å². The van der Waals surface area contributed by atoms with Crippen LogP contribution in [-0.4, -0.2) is 30.6 Å². The van der Waals surface area contributed by atoms with Gasteiger partial charge in [0, 0.05) is 18.6 Å². The average Bonchev–Trinajstić information content (AvgIpc) is 2.78. The maximum atomic E-state index is 3.58. The van der Waals surface area contributed by atoms with Crippen LogP contribution in [0.2, 0.25) is 0 Å². The second kappa shape index (κ2) is 6.35. The van der Waals surface area contributed by atoms with E-state index in [-0.39, 0.29) is 0 Å². The van der Waals surface area contributed by atoms with Gasteiger partial charge in [-0.15, -0.1) is 0 Å². The molecule has 2 rings (SSSR count). The summed E-state index contributed by atoms with van der Waals surface area (Å²) in [6.45, 7) is 6.54. The van der Waals surface area contributed by atoms with Gasteiger partial charge in [-0.25, -0.2) is 0 Å². The number of nitrogens with zero attached hydrogens (tertiary/aromatic N) is 1. The van der Waals surface area contributed by atoms with Crippen LogP contribution >= 0.6 is 0 Å².